The molecular formula is C28H33N3O4. The maximum atomic E-state index is 12.7. The Morgan fingerprint density at radius 2 is 2.11 bits per heavy atom. The third-order valence-corrected chi connectivity index (χ3v) is 6.26. The number of esters is 1. The van der Waals surface area contributed by atoms with Crippen molar-refractivity contribution in [3.63, 3.8) is 0 Å². The summed E-state index contributed by atoms with van der Waals surface area (Å²) in [6, 6.07) is 13.9. The van der Waals surface area contributed by atoms with Gasteiger partial charge in [-0.3, -0.25) is 0 Å². The second-order valence-electron chi connectivity index (χ2n) is 8.75. The molecule has 0 amide bonds. The molecule has 0 fully saturated rings. The summed E-state index contributed by atoms with van der Waals surface area (Å²) in [5, 5.41) is 13.9. The maximum absolute atomic E-state index is 12.7. The minimum atomic E-state index is -0.433. The number of hydrogen-bond donors (Lipinski definition) is 2. The summed E-state index contributed by atoms with van der Waals surface area (Å²) in [5.74, 6) is 0.377. The third-order valence-electron chi connectivity index (χ3n) is 6.26. The SMILES string of the molecule is CCOC(=O)/C(=C\c1ccc(-n2cnc(C)c2)c(OC)c1)CCCN[C@@H]1c2ccccc2C[C@@H]1O. The van der Waals surface area contributed by atoms with Gasteiger partial charge in [0.1, 0.15) is 5.75 Å². The van der Waals surface area contributed by atoms with E-state index in [0.717, 1.165) is 28.9 Å². The van der Waals surface area contributed by atoms with Crippen molar-refractivity contribution in [3.05, 3.63) is 82.9 Å². The summed E-state index contributed by atoms with van der Waals surface area (Å²) in [6.45, 7) is 4.74. The van der Waals surface area contributed by atoms with Crippen molar-refractivity contribution in [2.45, 2.75) is 45.3 Å². The van der Waals surface area contributed by atoms with E-state index in [4.69, 9.17) is 9.47 Å². The number of methoxy groups -OCH3 is 1. The highest BCUT2D eigenvalue weighted by Gasteiger charge is 2.29. The fourth-order valence-corrected chi connectivity index (χ4v) is 4.56. The van der Waals surface area contributed by atoms with E-state index in [9.17, 15) is 9.90 Å². The Balaban J connectivity index is 1.45. The van der Waals surface area contributed by atoms with Gasteiger partial charge in [0.05, 0.1) is 43.6 Å². The van der Waals surface area contributed by atoms with Crippen LogP contribution in [0.25, 0.3) is 11.8 Å². The first-order valence-electron chi connectivity index (χ1n) is 12.1. The van der Waals surface area contributed by atoms with Gasteiger partial charge < -0.3 is 24.5 Å². The highest BCUT2D eigenvalue weighted by molar-refractivity contribution is 5.93. The van der Waals surface area contributed by atoms with Crippen LogP contribution in [0.1, 0.15) is 48.2 Å². The molecule has 184 valence electrons. The minimum Gasteiger partial charge on any atom is -0.495 e. The van der Waals surface area contributed by atoms with Crippen molar-refractivity contribution in [2.75, 3.05) is 20.3 Å². The summed E-state index contributed by atoms with van der Waals surface area (Å²) in [6.07, 6.45) is 7.07. The molecule has 1 heterocycles. The van der Waals surface area contributed by atoms with E-state index in [1.807, 2.05) is 54.1 Å². The van der Waals surface area contributed by atoms with E-state index in [2.05, 4.69) is 22.4 Å². The van der Waals surface area contributed by atoms with Gasteiger partial charge in [-0.2, -0.15) is 0 Å². The van der Waals surface area contributed by atoms with Crippen LogP contribution in [-0.4, -0.2) is 47.0 Å². The Labute approximate surface area is 206 Å². The van der Waals surface area contributed by atoms with Gasteiger partial charge in [-0.25, -0.2) is 9.78 Å². The predicted octanol–water partition coefficient (Wildman–Crippen LogP) is 4.16. The molecular weight excluding hydrogens is 442 g/mol. The van der Waals surface area contributed by atoms with Crippen LogP contribution in [0, 0.1) is 6.92 Å². The van der Waals surface area contributed by atoms with E-state index in [-0.39, 0.29) is 12.0 Å². The molecule has 1 aliphatic carbocycles. The topological polar surface area (TPSA) is 85.6 Å². The number of nitrogens with one attached hydrogen (secondary N) is 1. The standard InChI is InChI=1S/C28H33N3O4/c1-4-35-28(33)22(9-7-13-29-27-23-10-6-5-8-21(23)16-25(27)32)14-20-11-12-24(26(15-20)34-3)31-17-19(2)30-18-31/h5-6,8,10-12,14-15,17-18,25,27,29,32H,4,7,9,13,16H2,1-3H3/b22-14-/t25-,27+/m0/s1. The van der Waals surface area contributed by atoms with Crippen LogP contribution in [0.2, 0.25) is 0 Å². The van der Waals surface area contributed by atoms with Gasteiger partial charge >= 0.3 is 5.97 Å². The highest BCUT2D eigenvalue weighted by atomic mass is 16.5. The largest absolute Gasteiger partial charge is 0.495 e. The molecule has 1 aliphatic rings. The Bertz CT molecular complexity index is 1200. The first-order chi connectivity index (χ1) is 17.0. The number of fused-ring (bicyclic) bond motifs is 1. The maximum Gasteiger partial charge on any atom is 0.334 e. The van der Waals surface area contributed by atoms with Crippen LogP contribution in [0.5, 0.6) is 5.75 Å². The number of nitrogens with zero attached hydrogens (tertiary/aromatic N) is 2. The van der Waals surface area contributed by atoms with Gasteiger partial charge in [-0.15, -0.1) is 0 Å². The van der Waals surface area contributed by atoms with E-state index >= 15 is 0 Å². The van der Waals surface area contributed by atoms with Crippen LogP contribution in [-0.2, 0) is 16.0 Å². The average molecular weight is 476 g/mol. The fraction of sp³-hybridized carbons (Fsp3) is 0.357. The Morgan fingerprint density at radius 3 is 2.86 bits per heavy atom. The lowest BCUT2D eigenvalue weighted by molar-refractivity contribution is -0.138. The van der Waals surface area contributed by atoms with Gasteiger partial charge in [0, 0.05) is 18.2 Å². The molecule has 0 bridgehead atoms. The van der Waals surface area contributed by atoms with E-state index in [0.29, 0.717) is 37.3 Å². The zero-order valence-corrected chi connectivity index (χ0v) is 20.5. The fourth-order valence-electron chi connectivity index (χ4n) is 4.56. The number of aliphatic hydroxyl groups excluding tert-OH is 1. The van der Waals surface area contributed by atoms with Crippen LogP contribution < -0.4 is 10.1 Å². The minimum absolute atomic E-state index is 0.0789. The normalized spacial score (nSPS) is 17.3. The molecule has 0 saturated heterocycles. The molecule has 1 aromatic heterocycles. The van der Waals surface area contributed by atoms with Gasteiger partial charge in [-0.05, 0) is 68.1 Å². The molecule has 7 nitrogen and oxygen atoms in total. The molecule has 3 aromatic rings. The third kappa shape index (κ3) is 5.81. The van der Waals surface area contributed by atoms with Crippen molar-refractivity contribution in [1.82, 2.24) is 14.9 Å². The number of carbonyl (C=O) groups is 1. The number of hydrogen-bond acceptors (Lipinski definition) is 6. The molecule has 35 heavy (non-hydrogen) atoms. The predicted molar refractivity (Wildman–Crippen MR) is 136 cm³/mol. The van der Waals surface area contributed by atoms with Crippen LogP contribution in [0.15, 0.2) is 60.6 Å². The van der Waals surface area contributed by atoms with E-state index < -0.39 is 6.10 Å². The second-order valence-corrected chi connectivity index (χ2v) is 8.75. The smallest absolute Gasteiger partial charge is 0.334 e. The Hall–Kier alpha value is -3.42. The monoisotopic (exact) mass is 475 g/mol. The zero-order chi connectivity index (χ0) is 24.8. The lowest BCUT2D eigenvalue weighted by Gasteiger charge is -2.18. The number of benzene rings is 2. The van der Waals surface area contributed by atoms with Crippen molar-refractivity contribution in [3.8, 4) is 11.4 Å². The van der Waals surface area contributed by atoms with Crippen molar-refractivity contribution < 1.29 is 19.4 Å². The first kappa shape index (κ1) is 24.7. The quantitative estimate of drug-likeness (QED) is 0.260. The molecule has 2 aromatic carbocycles. The summed E-state index contributed by atoms with van der Waals surface area (Å²) in [5.41, 5.74) is 5.60. The molecule has 0 aliphatic heterocycles. The highest BCUT2D eigenvalue weighted by Crippen LogP contribution is 2.31. The van der Waals surface area contributed by atoms with Gasteiger partial charge in [-0.1, -0.05) is 30.3 Å². The lowest BCUT2D eigenvalue weighted by atomic mass is 10.0. The van der Waals surface area contributed by atoms with Crippen LogP contribution >= 0.6 is 0 Å². The number of carbonyl (C=O) groups excluding carboxylic acids is 1. The molecule has 0 spiro atoms. The lowest BCUT2D eigenvalue weighted by Crippen LogP contribution is -2.29. The summed E-state index contributed by atoms with van der Waals surface area (Å²) in [7, 11) is 1.63. The second kappa shape index (κ2) is 11.3. The Kier molecular flexibility index (Phi) is 8.00. The molecule has 7 heteroatoms. The average Bonchev–Trinajstić information content (AvgIpc) is 3.43. The zero-order valence-electron chi connectivity index (χ0n) is 20.5. The van der Waals surface area contributed by atoms with Gasteiger partial charge in [0.15, 0.2) is 0 Å². The summed E-state index contributed by atoms with van der Waals surface area (Å²) in [4.78, 5) is 16.9. The van der Waals surface area contributed by atoms with Gasteiger partial charge in [0.25, 0.3) is 0 Å². The van der Waals surface area contributed by atoms with Crippen molar-refractivity contribution in [2.24, 2.45) is 0 Å². The molecule has 2 atom stereocenters. The van der Waals surface area contributed by atoms with E-state index in [1.54, 1.807) is 20.4 Å². The molecule has 0 radical (unpaired) electrons. The van der Waals surface area contributed by atoms with Crippen molar-refractivity contribution in [1.29, 1.82) is 0 Å². The first-order valence-corrected chi connectivity index (χ1v) is 12.1. The molecule has 2 N–H and O–H groups in total. The number of imidazole rings is 1. The molecule has 4 rings (SSSR count). The van der Waals surface area contributed by atoms with E-state index in [1.165, 1.54) is 5.56 Å². The number of aliphatic hydroxyl groups is 1. The number of aromatic nitrogens is 2. The van der Waals surface area contributed by atoms with Crippen LogP contribution in [0.3, 0.4) is 0 Å². The number of rotatable bonds is 10. The van der Waals surface area contributed by atoms with Crippen LogP contribution in [0.4, 0.5) is 0 Å². The Morgan fingerprint density at radius 1 is 1.29 bits per heavy atom. The van der Waals surface area contributed by atoms with Gasteiger partial charge in [0.2, 0.25) is 0 Å². The number of ether oxygens (including phenoxy) is 2. The number of aryl methyl sites for hydroxylation is 1. The molecule has 0 unspecified atom stereocenters. The molecule has 0 saturated carbocycles. The summed E-state index contributed by atoms with van der Waals surface area (Å²) < 4.78 is 12.8. The van der Waals surface area contributed by atoms with Crippen molar-refractivity contribution >= 4 is 12.0 Å². The summed E-state index contributed by atoms with van der Waals surface area (Å²) >= 11 is 0.